The number of rotatable bonds is 4. The quantitative estimate of drug-likeness (QED) is 0.913. The number of hydrogen-bond acceptors (Lipinski definition) is 3. The Balaban J connectivity index is 1.59. The van der Waals surface area contributed by atoms with Crippen molar-refractivity contribution < 1.29 is 4.74 Å². The number of ether oxygens (including phenoxy) is 1. The van der Waals surface area contributed by atoms with Crippen LogP contribution in [0.25, 0.3) is 0 Å². The van der Waals surface area contributed by atoms with Crippen molar-refractivity contribution in [1.82, 2.24) is 4.90 Å². The highest BCUT2D eigenvalue weighted by Crippen LogP contribution is 2.32. The molecule has 20 heavy (non-hydrogen) atoms. The van der Waals surface area contributed by atoms with Gasteiger partial charge in [-0.25, -0.2) is 0 Å². The van der Waals surface area contributed by atoms with Gasteiger partial charge in [-0.15, -0.1) is 0 Å². The SMILES string of the molecule is CC(C)N1CCC(COc2cccc3c2NCCC3)C1. The van der Waals surface area contributed by atoms with Crippen LogP contribution in [0.5, 0.6) is 5.75 Å². The third kappa shape index (κ3) is 2.93. The van der Waals surface area contributed by atoms with Crippen LogP contribution < -0.4 is 10.1 Å². The van der Waals surface area contributed by atoms with E-state index in [1.165, 1.54) is 43.6 Å². The Hall–Kier alpha value is -1.22. The summed E-state index contributed by atoms with van der Waals surface area (Å²) >= 11 is 0. The molecule has 2 heterocycles. The zero-order valence-corrected chi connectivity index (χ0v) is 12.7. The minimum absolute atomic E-state index is 0.658. The van der Waals surface area contributed by atoms with Gasteiger partial charge in [0.05, 0.1) is 12.3 Å². The molecule has 0 radical (unpaired) electrons. The van der Waals surface area contributed by atoms with Crippen LogP contribution in [0, 0.1) is 5.92 Å². The lowest BCUT2D eigenvalue weighted by atomic mass is 10.0. The molecule has 2 aliphatic heterocycles. The highest BCUT2D eigenvalue weighted by atomic mass is 16.5. The van der Waals surface area contributed by atoms with Gasteiger partial charge in [-0.2, -0.15) is 0 Å². The highest BCUT2D eigenvalue weighted by molar-refractivity contribution is 5.63. The van der Waals surface area contributed by atoms with E-state index in [0.29, 0.717) is 12.0 Å². The van der Waals surface area contributed by atoms with Crippen molar-refractivity contribution in [2.45, 2.75) is 39.2 Å². The summed E-state index contributed by atoms with van der Waals surface area (Å²) in [5.74, 6) is 1.72. The fraction of sp³-hybridized carbons (Fsp3) is 0.647. The van der Waals surface area contributed by atoms with Gasteiger partial charge >= 0.3 is 0 Å². The van der Waals surface area contributed by atoms with Gasteiger partial charge in [-0.3, -0.25) is 0 Å². The van der Waals surface area contributed by atoms with E-state index in [0.717, 1.165) is 18.9 Å². The predicted molar refractivity (Wildman–Crippen MR) is 83.6 cm³/mol. The van der Waals surface area contributed by atoms with Crippen LogP contribution in [0.4, 0.5) is 5.69 Å². The maximum absolute atomic E-state index is 6.13. The number of benzene rings is 1. The van der Waals surface area contributed by atoms with Crippen molar-refractivity contribution in [2.75, 3.05) is 31.6 Å². The summed E-state index contributed by atoms with van der Waals surface area (Å²) < 4.78 is 6.13. The molecule has 0 amide bonds. The molecule has 0 aliphatic carbocycles. The van der Waals surface area contributed by atoms with Gasteiger partial charge in [-0.05, 0) is 51.3 Å². The van der Waals surface area contributed by atoms with E-state index in [1.807, 2.05) is 0 Å². The number of likely N-dealkylation sites (tertiary alicyclic amines) is 1. The molecule has 0 bridgehead atoms. The van der Waals surface area contributed by atoms with Crippen LogP contribution >= 0.6 is 0 Å². The van der Waals surface area contributed by atoms with Crippen LogP contribution in [0.3, 0.4) is 0 Å². The lowest BCUT2D eigenvalue weighted by molar-refractivity contribution is 0.224. The number of fused-ring (bicyclic) bond motifs is 1. The molecule has 1 atom stereocenters. The van der Waals surface area contributed by atoms with Gasteiger partial charge < -0.3 is 15.0 Å². The summed E-state index contributed by atoms with van der Waals surface area (Å²) in [6.45, 7) is 8.87. The second-order valence-corrected chi connectivity index (χ2v) is 6.37. The Morgan fingerprint density at radius 3 is 3.10 bits per heavy atom. The maximum atomic E-state index is 6.13. The first-order chi connectivity index (χ1) is 9.74. The van der Waals surface area contributed by atoms with Crippen molar-refractivity contribution in [1.29, 1.82) is 0 Å². The molecule has 1 aromatic carbocycles. The third-order valence-electron chi connectivity index (χ3n) is 4.56. The van der Waals surface area contributed by atoms with Crippen LogP contribution in [-0.4, -0.2) is 37.2 Å². The lowest BCUT2D eigenvalue weighted by Crippen LogP contribution is -2.29. The Morgan fingerprint density at radius 2 is 2.30 bits per heavy atom. The van der Waals surface area contributed by atoms with Crippen molar-refractivity contribution in [3.05, 3.63) is 23.8 Å². The fourth-order valence-electron chi connectivity index (χ4n) is 3.27. The summed E-state index contributed by atoms with van der Waals surface area (Å²) in [6.07, 6.45) is 3.66. The Morgan fingerprint density at radius 1 is 1.40 bits per heavy atom. The minimum atomic E-state index is 0.658. The molecule has 1 saturated heterocycles. The molecule has 3 rings (SSSR count). The standard InChI is InChI=1S/C17H26N2O/c1-13(2)19-10-8-14(11-19)12-20-16-7-3-5-15-6-4-9-18-17(15)16/h3,5,7,13-14,18H,4,6,8-12H2,1-2H3. The van der Waals surface area contributed by atoms with Crippen LogP contribution in [0.1, 0.15) is 32.3 Å². The lowest BCUT2D eigenvalue weighted by Gasteiger charge is -2.23. The number of anilines is 1. The van der Waals surface area contributed by atoms with Crippen molar-refractivity contribution in [3.63, 3.8) is 0 Å². The number of aryl methyl sites for hydroxylation is 1. The van der Waals surface area contributed by atoms with Gasteiger partial charge in [0.25, 0.3) is 0 Å². The predicted octanol–water partition coefficient (Wildman–Crippen LogP) is 3.15. The van der Waals surface area contributed by atoms with Crippen LogP contribution in [0.15, 0.2) is 18.2 Å². The number of hydrogen-bond donors (Lipinski definition) is 1. The van der Waals surface area contributed by atoms with Crippen molar-refractivity contribution in [3.8, 4) is 5.75 Å². The number of nitrogens with zero attached hydrogens (tertiary/aromatic N) is 1. The summed E-state index contributed by atoms with van der Waals surface area (Å²) in [7, 11) is 0. The topological polar surface area (TPSA) is 24.5 Å². The smallest absolute Gasteiger partial charge is 0.142 e. The minimum Gasteiger partial charge on any atom is -0.491 e. The molecule has 1 N–H and O–H groups in total. The third-order valence-corrected chi connectivity index (χ3v) is 4.56. The second kappa shape index (κ2) is 6.04. The van der Waals surface area contributed by atoms with E-state index < -0.39 is 0 Å². The second-order valence-electron chi connectivity index (χ2n) is 6.37. The molecule has 0 spiro atoms. The van der Waals surface area contributed by atoms with Gasteiger partial charge in [0.15, 0.2) is 0 Å². The zero-order chi connectivity index (χ0) is 13.9. The largest absolute Gasteiger partial charge is 0.491 e. The molecule has 1 fully saturated rings. The normalized spacial score (nSPS) is 22.6. The zero-order valence-electron chi connectivity index (χ0n) is 12.7. The van der Waals surface area contributed by atoms with E-state index in [1.54, 1.807) is 0 Å². The monoisotopic (exact) mass is 274 g/mol. The van der Waals surface area contributed by atoms with E-state index in [9.17, 15) is 0 Å². The molecule has 3 nitrogen and oxygen atoms in total. The summed E-state index contributed by atoms with van der Waals surface area (Å²) in [4.78, 5) is 2.55. The summed E-state index contributed by atoms with van der Waals surface area (Å²) in [5.41, 5.74) is 2.64. The first-order valence-electron chi connectivity index (χ1n) is 7.96. The van der Waals surface area contributed by atoms with Gasteiger partial charge in [0, 0.05) is 25.0 Å². The Labute approximate surface area is 122 Å². The van der Waals surface area contributed by atoms with E-state index in [-0.39, 0.29) is 0 Å². The van der Waals surface area contributed by atoms with E-state index in [4.69, 9.17) is 4.74 Å². The molecular formula is C17H26N2O. The number of para-hydroxylation sites is 1. The molecule has 1 aromatic rings. The van der Waals surface area contributed by atoms with Crippen molar-refractivity contribution in [2.24, 2.45) is 5.92 Å². The molecule has 0 saturated carbocycles. The van der Waals surface area contributed by atoms with E-state index in [2.05, 4.69) is 42.3 Å². The molecule has 1 unspecified atom stereocenters. The Kier molecular flexibility index (Phi) is 4.16. The van der Waals surface area contributed by atoms with Gasteiger partial charge in [0.2, 0.25) is 0 Å². The maximum Gasteiger partial charge on any atom is 0.142 e. The first-order valence-corrected chi connectivity index (χ1v) is 7.96. The molecule has 0 aromatic heterocycles. The summed E-state index contributed by atoms with van der Waals surface area (Å²) in [5, 5.41) is 3.50. The van der Waals surface area contributed by atoms with Crippen LogP contribution in [0.2, 0.25) is 0 Å². The van der Waals surface area contributed by atoms with Crippen molar-refractivity contribution >= 4 is 5.69 Å². The average molecular weight is 274 g/mol. The number of nitrogens with one attached hydrogen (secondary N) is 1. The highest BCUT2D eigenvalue weighted by Gasteiger charge is 2.25. The summed E-state index contributed by atoms with van der Waals surface area (Å²) in [6, 6.07) is 7.10. The fourth-order valence-corrected chi connectivity index (χ4v) is 3.27. The molecule has 3 heteroatoms. The molecular weight excluding hydrogens is 248 g/mol. The van der Waals surface area contributed by atoms with E-state index >= 15 is 0 Å². The van der Waals surface area contributed by atoms with Gasteiger partial charge in [0.1, 0.15) is 5.75 Å². The molecule has 110 valence electrons. The Bertz CT molecular complexity index is 458. The van der Waals surface area contributed by atoms with Crippen LogP contribution in [-0.2, 0) is 6.42 Å². The first kappa shape index (κ1) is 13.7. The average Bonchev–Trinajstić information content (AvgIpc) is 2.94. The molecule has 2 aliphatic rings. The van der Waals surface area contributed by atoms with Gasteiger partial charge in [-0.1, -0.05) is 12.1 Å².